The second-order valence-electron chi connectivity index (χ2n) is 11.9. The number of anilines is 2. The van der Waals surface area contributed by atoms with Crippen LogP contribution in [-0.4, -0.2) is 85.0 Å². The van der Waals surface area contributed by atoms with E-state index in [2.05, 4.69) is 30.4 Å². The molecular weight excluding hydrogens is 542 g/mol. The van der Waals surface area contributed by atoms with Crippen LogP contribution in [0, 0.1) is 6.92 Å². The van der Waals surface area contributed by atoms with Crippen LogP contribution in [0.2, 0.25) is 5.02 Å². The van der Waals surface area contributed by atoms with E-state index in [4.69, 9.17) is 22.1 Å². The maximum Gasteiger partial charge on any atom is 0.410 e. The van der Waals surface area contributed by atoms with Gasteiger partial charge in [0.2, 0.25) is 5.91 Å². The van der Waals surface area contributed by atoms with Gasteiger partial charge in [0.1, 0.15) is 0 Å². The van der Waals surface area contributed by atoms with Crippen LogP contribution >= 0.6 is 11.6 Å². The standard InChI is InChI=1S/C31H40ClN5O4/c1-20-16-21(17-24(32)28(20)33)18-26(29(39)36-12-8-22(9-13-36)35(2)3)41-30(40)37-14-10-31(11-15-37)19-27(38)34-25-7-5-4-6-23(25)31/h4-7,16-17,22,26H,8-15,18-19,33H2,1-3H3,(H,34,38)/t26-/m1/s1. The number of piperidine rings is 2. The summed E-state index contributed by atoms with van der Waals surface area (Å²) >= 11 is 6.35. The fourth-order valence-electron chi connectivity index (χ4n) is 6.56. The van der Waals surface area contributed by atoms with Crippen LogP contribution in [0.5, 0.6) is 0 Å². The number of carbonyl (C=O) groups is 3. The monoisotopic (exact) mass is 581 g/mol. The second kappa shape index (κ2) is 11.9. The Bertz CT molecular complexity index is 1290. The average Bonchev–Trinajstić information content (AvgIpc) is 2.95. The van der Waals surface area contributed by atoms with E-state index < -0.39 is 12.2 Å². The normalized spacial score (nSPS) is 19.6. The first-order valence-electron chi connectivity index (χ1n) is 14.4. The van der Waals surface area contributed by atoms with Crippen molar-refractivity contribution >= 4 is 40.9 Å². The van der Waals surface area contributed by atoms with Crippen molar-refractivity contribution in [3.05, 3.63) is 58.1 Å². The third-order valence-electron chi connectivity index (χ3n) is 9.09. The first-order valence-corrected chi connectivity index (χ1v) is 14.8. The summed E-state index contributed by atoms with van der Waals surface area (Å²) in [7, 11) is 4.11. The lowest BCUT2D eigenvalue weighted by atomic mass is 9.68. The predicted molar refractivity (Wildman–Crippen MR) is 160 cm³/mol. The molecule has 3 aliphatic rings. The first-order chi connectivity index (χ1) is 19.6. The molecule has 0 radical (unpaired) electrons. The van der Waals surface area contributed by atoms with Crippen LogP contribution in [0.1, 0.15) is 48.8 Å². The van der Waals surface area contributed by atoms with E-state index in [0.29, 0.717) is 62.2 Å². The van der Waals surface area contributed by atoms with Gasteiger partial charge >= 0.3 is 6.09 Å². The molecule has 3 aliphatic heterocycles. The fourth-order valence-corrected chi connectivity index (χ4v) is 6.84. The number of rotatable bonds is 5. The highest BCUT2D eigenvalue weighted by molar-refractivity contribution is 6.33. The highest BCUT2D eigenvalue weighted by atomic mass is 35.5. The molecule has 5 rings (SSSR count). The van der Waals surface area contributed by atoms with Gasteiger partial charge in [-0.25, -0.2) is 4.79 Å². The van der Waals surface area contributed by atoms with Crippen molar-refractivity contribution in [3.63, 3.8) is 0 Å². The summed E-state index contributed by atoms with van der Waals surface area (Å²) in [5.74, 6) is -0.187. The molecule has 1 atom stereocenters. The number of amides is 3. The molecule has 10 heteroatoms. The molecule has 0 unspecified atom stereocenters. The molecule has 0 aliphatic carbocycles. The Balaban J connectivity index is 1.30. The van der Waals surface area contributed by atoms with Crippen molar-refractivity contribution in [3.8, 4) is 0 Å². The quantitative estimate of drug-likeness (QED) is 0.512. The van der Waals surface area contributed by atoms with Gasteiger partial charge in [-0.2, -0.15) is 0 Å². The lowest BCUT2D eigenvalue weighted by molar-refractivity contribution is -0.142. The predicted octanol–water partition coefficient (Wildman–Crippen LogP) is 4.21. The van der Waals surface area contributed by atoms with E-state index in [1.807, 2.05) is 36.1 Å². The zero-order chi connectivity index (χ0) is 29.3. The maximum atomic E-state index is 13.8. The molecule has 3 heterocycles. The van der Waals surface area contributed by atoms with Crippen LogP contribution in [0.3, 0.4) is 0 Å². The van der Waals surface area contributed by atoms with Gasteiger partial charge in [-0.1, -0.05) is 35.9 Å². The van der Waals surface area contributed by atoms with E-state index in [1.165, 1.54) is 0 Å². The largest absolute Gasteiger partial charge is 0.436 e. The molecular formula is C31H40ClN5O4. The van der Waals surface area contributed by atoms with Crippen molar-refractivity contribution in [1.29, 1.82) is 0 Å². The minimum Gasteiger partial charge on any atom is -0.436 e. The number of ether oxygens (including phenoxy) is 1. The van der Waals surface area contributed by atoms with Crippen LogP contribution in [0.15, 0.2) is 36.4 Å². The SMILES string of the molecule is Cc1cc(C[C@@H](OC(=O)N2CCC3(CC2)CC(=O)Nc2ccccc23)C(=O)N2CCC(N(C)C)CC2)cc(Cl)c1N. The number of nitrogens with one attached hydrogen (secondary N) is 1. The summed E-state index contributed by atoms with van der Waals surface area (Å²) in [5, 5.41) is 3.39. The van der Waals surface area contributed by atoms with Gasteiger partial charge < -0.3 is 30.5 Å². The van der Waals surface area contributed by atoms with Crippen molar-refractivity contribution in [2.75, 3.05) is 51.3 Å². The number of para-hydroxylation sites is 1. The second-order valence-corrected chi connectivity index (χ2v) is 12.3. The van der Waals surface area contributed by atoms with Crippen LogP contribution in [0.25, 0.3) is 0 Å². The maximum absolute atomic E-state index is 13.8. The van der Waals surface area contributed by atoms with Gasteiger partial charge in [0.15, 0.2) is 6.10 Å². The molecule has 2 aromatic rings. The number of nitrogens with zero attached hydrogens (tertiary/aromatic N) is 3. The van der Waals surface area contributed by atoms with Crippen LogP contribution in [-0.2, 0) is 26.2 Å². The lowest BCUT2D eigenvalue weighted by Gasteiger charge is -2.44. The average molecular weight is 582 g/mol. The topological polar surface area (TPSA) is 108 Å². The van der Waals surface area contributed by atoms with Crippen molar-refractivity contribution < 1.29 is 19.1 Å². The number of hydrogen-bond donors (Lipinski definition) is 2. The molecule has 0 aromatic heterocycles. The van der Waals surface area contributed by atoms with Gasteiger partial charge in [0.05, 0.1) is 10.7 Å². The molecule has 3 N–H and O–H groups in total. The Hall–Kier alpha value is -3.30. The summed E-state index contributed by atoms with van der Waals surface area (Å²) in [6, 6.07) is 12.0. The van der Waals surface area contributed by atoms with E-state index in [9.17, 15) is 14.4 Å². The molecule has 0 bridgehead atoms. The Labute approximate surface area is 246 Å². The van der Waals surface area contributed by atoms with Crippen LogP contribution in [0.4, 0.5) is 16.2 Å². The van der Waals surface area contributed by atoms with Gasteiger partial charge in [0, 0.05) is 56.2 Å². The minimum absolute atomic E-state index is 0.000812. The van der Waals surface area contributed by atoms with Crippen molar-refractivity contribution in [2.45, 2.75) is 63.0 Å². The first kappa shape index (κ1) is 29.2. The molecule has 220 valence electrons. The summed E-state index contributed by atoms with van der Waals surface area (Å²) in [4.78, 5) is 45.4. The smallest absolute Gasteiger partial charge is 0.410 e. The number of aryl methyl sites for hydroxylation is 1. The molecule has 0 saturated carbocycles. The molecule has 2 fully saturated rings. The third kappa shape index (κ3) is 6.16. The summed E-state index contributed by atoms with van der Waals surface area (Å²) in [6.07, 6.45) is 2.16. The molecule has 2 aromatic carbocycles. The third-order valence-corrected chi connectivity index (χ3v) is 9.41. The zero-order valence-corrected chi connectivity index (χ0v) is 24.9. The van der Waals surface area contributed by atoms with Crippen molar-refractivity contribution in [1.82, 2.24) is 14.7 Å². The number of likely N-dealkylation sites (tertiary alicyclic amines) is 2. The zero-order valence-electron chi connectivity index (χ0n) is 24.1. The van der Waals surface area contributed by atoms with Crippen molar-refractivity contribution in [2.24, 2.45) is 0 Å². The van der Waals surface area contributed by atoms with Gasteiger partial charge in [-0.3, -0.25) is 9.59 Å². The Morgan fingerprint density at radius 1 is 1.12 bits per heavy atom. The highest BCUT2D eigenvalue weighted by Crippen LogP contribution is 2.45. The number of carbonyl (C=O) groups excluding carboxylic acids is 3. The lowest BCUT2D eigenvalue weighted by Crippen LogP contribution is -2.52. The minimum atomic E-state index is -0.977. The number of halogens is 1. The fraction of sp³-hybridized carbons (Fsp3) is 0.516. The van der Waals surface area contributed by atoms with E-state index in [1.54, 1.807) is 11.0 Å². The summed E-state index contributed by atoms with van der Waals surface area (Å²) in [5.41, 5.74) is 9.81. The van der Waals surface area contributed by atoms with E-state index in [0.717, 1.165) is 35.2 Å². The summed E-state index contributed by atoms with van der Waals surface area (Å²) < 4.78 is 5.99. The van der Waals surface area contributed by atoms with Crippen LogP contribution < -0.4 is 11.1 Å². The number of fused-ring (bicyclic) bond motifs is 2. The number of benzene rings is 2. The van der Waals surface area contributed by atoms with E-state index >= 15 is 0 Å². The Morgan fingerprint density at radius 2 is 1.80 bits per heavy atom. The van der Waals surface area contributed by atoms with E-state index in [-0.39, 0.29) is 23.7 Å². The number of nitrogen functional groups attached to an aromatic ring is 1. The molecule has 9 nitrogen and oxygen atoms in total. The number of nitrogens with two attached hydrogens (primary N) is 1. The summed E-state index contributed by atoms with van der Waals surface area (Å²) in [6.45, 7) is 3.99. The molecule has 41 heavy (non-hydrogen) atoms. The Morgan fingerprint density at radius 3 is 2.46 bits per heavy atom. The number of hydrogen-bond acceptors (Lipinski definition) is 6. The molecule has 3 amide bonds. The highest BCUT2D eigenvalue weighted by Gasteiger charge is 2.44. The molecule has 1 spiro atoms. The van der Waals surface area contributed by atoms with Gasteiger partial charge in [-0.05, 0) is 75.5 Å². The Kier molecular flexibility index (Phi) is 8.47. The van der Waals surface area contributed by atoms with Gasteiger partial charge in [0.25, 0.3) is 5.91 Å². The van der Waals surface area contributed by atoms with Gasteiger partial charge in [-0.15, -0.1) is 0 Å². The molecule has 2 saturated heterocycles.